The van der Waals surface area contributed by atoms with Gasteiger partial charge < -0.3 is 10.5 Å². The molecule has 0 aromatic heterocycles. The number of halogens is 8. The van der Waals surface area contributed by atoms with Crippen molar-refractivity contribution in [1.29, 1.82) is 0 Å². The van der Waals surface area contributed by atoms with Crippen LogP contribution in [-0.2, 0) is 0 Å². The van der Waals surface area contributed by atoms with E-state index in [4.69, 9.17) is 28.9 Å². The Balaban J connectivity index is 3.09. The van der Waals surface area contributed by atoms with E-state index >= 15 is 0 Å². The predicted octanol–water partition coefficient (Wildman–Crippen LogP) is 4.45. The quantitative estimate of drug-likeness (QED) is 0.657. The molecule has 2 nitrogen and oxygen atoms in total. The van der Waals surface area contributed by atoms with E-state index in [9.17, 15) is 26.3 Å². The molecule has 1 unspecified atom stereocenters. The van der Waals surface area contributed by atoms with E-state index in [1.54, 1.807) is 0 Å². The zero-order valence-corrected chi connectivity index (χ0v) is 10.3. The van der Waals surface area contributed by atoms with E-state index in [2.05, 4.69) is 4.74 Å². The number of alkyl halides is 6. The Kier molecular flexibility index (Phi) is 4.36. The molecule has 0 spiro atoms. The van der Waals surface area contributed by atoms with E-state index in [-0.39, 0.29) is 5.69 Å². The van der Waals surface area contributed by atoms with Gasteiger partial charge in [-0.05, 0) is 12.1 Å². The minimum Gasteiger partial charge on any atom is -0.427 e. The first-order valence-electron chi connectivity index (χ1n) is 4.47. The Labute approximate surface area is 113 Å². The van der Waals surface area contributed by atoms with Gasteiger partial charge >= 0.3 is 12.3 Å². The first-order valence-corrected chi connectivity index (χ1v) is 5.23. The highest BCUT2D eigenvalue weighted by atomic mass is 35.5. The molecule has 0 heterocycles. The molecule has 1 aromatic rings. The Morgan fingerprint density at radius 2 is 1.47 bits per heavy atom. The fourth-order valence-corrected chi connectivity index (χ4v) is 1.64. The van der Waals surface area contributed by atoms with Gasteiger partial charge in [0.1, 0.15) is 0 Å². The van der Waals surface area contributed by atoms with Gasteiger partial charge in [0.15, 0.2) is 5.75 Å². The van der Waals surface area contributed by atoms with Gasteiger partial charge in [0, 0.05) is 5.69 Å². The third-order valence-corrected chi connectivity index (χ3v) is 2.40. The van der Waals surface area contributed by atoms with Crippen molar-refractivity contribution in [2.45, 2.75) is 18.5 Å². The number of benzene rings is 1. The number of nitrogen functional groups attached to an aromatic ring is 1. The fourth-order valence-electron chi connectivity index (χ4n) is 1.06. The zero-order valence-electron chi connectivity index (χ0n) is 8.74. The lowest BCUT2D eigenvalue weighted by Gasteiger charge is -2.24. The normalized spacial score (nSPS) is 14.3. The first-order chi connectivity index (χ1) is 8.45. The molecule has 1 atom stereocenters. The molecule has 10 heteroatoms. The van der Waals surface area contributed by atoms with Crippen molar-refractivity contribution in [3.05, 3.63) is 22.2 Å². The van der Waals surface area contributed by atoms with Crippen LogP contribution >= 0.6 is 23.2 Å². The van der Waals surface area contributed by atoms with Crippen LogP contribution in [0, 0.1) is 0 Å². The van der Waals surface area contributed by atoms with E-state index in [0.717, 1.165) is 12.1 Å². The molecule has 1 aromatic carbocycles. The second-order valence-electron chi connectivity index (χ2n) is 3.38. The zero-order chi connectivity index (χ0) is 15.0. The Morgan fingerprint density at radius 1 is 1.05 bits per heavy atom. The molecule has 19 heavy (non-hydrogen) atoms. The average Bonchev–Trinajstić information content (AvgIpc) is 2.21. The van der Waals surface area contributed by atoms with Crippen molar-refractivity contribution in [2.75, 3.05) is 5.73 Å². The van der Waals surface area contributed by atoms with Crippen molar-refractivity contribution >= 4 is 28.9 Å². The maximum absolute atomic E-state index is 13.0. The predicted molar refractivity (Wildman–Crippen MR) is 57.4 cm³/mol. The number of anilines is 1. The SMILES string of the molecule is Nc1cc(Cl)c(OC(F)(F)C(F)C(F)(F)F)c(Cl)c1. The Hall–Kier alpha value is -1.02. The summed E-state index contributed by atoms with van der Waals surface area (Å²) in [5.74, 6) is -0.991. The van der Waals surface area contributed by atoms with Crippen LogP contribution in [0.5, 0.6) is 5.75 Å². The molecule has 0 saturated heterocycles. The number of rotatable bonds is 3. The summed E-state index contributed by atoms with van der Waals surface area (Å²) in [6.45, 7) is 0. The molecule has 0 aliphatic heterocycles. The topological polar surface area (TPSA) is 35.2 Å². The minimum atomic E-state index is -5.80. The molecule has 0 radical (unpaired) electrons. The summed E-state index contributed by atoms with van der Waals surface area (Å²) in [7, 11) is 0. The highest BCUT2D eigenvalue weighted by Gasteiger charge is 2.59. The van der Waals surface area contributed by atoms with Gasteiger partial charge in [-0.1, -0.05) is 23.2 Å². The summed E-state index contributed by atoms with van der Waals surface area (Å²) in [4.78, 5) is 0. The summed E-state index contributed by atoms with van der Waals surface area (Å²) < 4.78 is 77.9. The van der Waals surface area contributed by atoms with Crippen LogP contribution in [0.4, 0.5) is 32.0 Å². The van der Waals surface area contributed by atoms with Gasteiger partial charge in [-0.15, -0.1) is 0 Å². The maximum atomic E-state index is 13.0. The maximum Gasteiger partial charge on any atom is 0.439 e. The average molecular weight is 328 g/mol. The lowest BCUT2D eigenvalue weighted by atomic mass is 10.3. The van der Waals surface area contributed by atoms with Crippen LogP contribution in [0.15, 0.2) is 12.1 Å². The van der Waals surface area contributed by atoms with Gasteiger partial charge in [0.05, 0.1) is 10.0 Å². The second kappa shape index (κ2) is 5.16. The highest BCUT2D eigenvalue weighted by Crippen LogP contribution is 2.42. The standard InChI is InChI=1S/C9H5Cl2F6NO/c10-4-1-3(18)2-5(11)6(4)19-9(16,17)7(12)8(13,14)15/h1-2,7H,18H2. The molecule has 0 saturated carbocycles. The monoisotopic (exact) mass is 327 g/mol. The molecule has 0 bridgehead atoms. The Morgan fingerprint density at radius 3 is 1.84 bits per heavy atom. The molecule has 1 rings (SSSR count). The van der Waals surface area contributed by atoms with Gasteiger partial charge in [-0.25, -0.2) is 4.39 Å². The molecule has 0 fully saturated rings. The summed E-state index contributed by atoms with van der Waals surface area (Å²) in [5, 5.41) is -1.14. The van der Waals surface area contributed by atoms with Crippen molar-refractivity contribution in [3.8, 4) is 5.75 Å². The van der Waals surface area contributed by atoms with E-state index in [1.165, 1.54) is 0 Å². The van der Waals surface area contributed by atoms with Gasteiger partial charge in [0.25, 0.3) is 6.17 Å². The van der Waals surface area contributed by atoms with Crippen LogP contribution in [-0.4, -0.2) is 18.5 Å². The lowest BCUT2D eigenvalue weighted by molar-refractivity contribution is -0.304. The van der Waals surface area contributed by atoms with Gasteiger partial charge in [0.2, 0.25) is 0 Å². The molecule has 0 aliphatic carbocycles. The van der Waals surface area contributed by atoms with Crippen LogP contribution in [0.1, 0.15) is 0 Å². The summed E-state index contributed by atoms with van der Waals surface area (Å²) in [5.41, 5.74) is 5.23. The summed E-state index contributed by atoms with van der Waals surface area (Å²) in [6.07, 6.45) is -15.5. The molecule has 2 N–H and O–H groups in total. The van der Waals surface area contributed by atoms with Crippen molar-refractivity contribution in [2.24, 2.45) is 0 Å². The second-order valence-corrected chi connectivity index (χ2v) is 4.20. The fraction of sp³-hybridized carbons (Fsp3) is 0.333. The first kappa shape index (κ1) is 16.0. The van der Waals surface area contributed by atoms with Crippen LogP contribution in [0.3, 0.4) is 0 Å². The van der Waals surface area contributed by atoms with Crippen molar-refractivity contribution in [1.82, 2.24) is 0 Å². The number of ether oxygens (including phenoxy) is 1. The van der Waals surface area contributed by atoms with E-state index in [0.29, 0.717) is 0 Å². The van der Waals surface area contributed by atoms with Crippen LogP contribution < -0.4 is 10.5 Å². The number of hydrogen-bond donors (Lipinski definition) is 1. The third-order valence-electron chi connectivity index (χ3n) is 1.84. The van der Waals surface area contributed by atoms with Crippen LogP contribution in [0.25, 0.3) is 0 Å². The van der Waals surface area contributed by atoms with E-state index < -0.39 is 34.3 Å². The molecule has 0 aliphatic rings. The molecule has 0 amide bonds. The largest absolute Gasteiger partial charge is 0.439 e. The summed E-state index contributed by atoms with van der Waals surface area (Å²) >= 11 is 10.9. The molecule has 108 valence electrons. The van der Waals surface area contributed by atoms with Gasteiger partial charge in [-0.3, -0.25) is 0 Å². The van der Waals surface area contributed by atoms with E-state index in [1.807, 2.05) is 0 Å². The molecular formula is C9H5Cl2F6NO. The van der Waals surface area contributed by atoms with Gasteiger partial charge in [-0.2, -0.15) is 22.0 Å². The smallest absolute Gasteiger partial charge is 0.427 e. The molecular weight excluding hydrogens is 323 g/mol. The van der Waals surface area contributed by atoms with Crippen molar-refractivity contribution < 1.29 is 31.1 Å². The minimum absolute atomic E-state index is 0.0294. The number of hydrogen-bond acceptors (Lipinski definition) is 2. The number of nitrogens with two attached hydrogens (primary N) is 1. The Bertz CT molecular complexity index is 455. The lowest BCUT2D eigenvalue weighted by Crippen LogP contribution is -2.45. The summed E-state index contributed by atoms with van der Waals surface area (Å²) in [6, 6.07) is 1.83. The third kappa shape index (κ3) is 3.73. The van der Waals surface area contributed by atoms with Crippen LogP contribution in [0.2, 0.25) is 10.0 Å². The highest BCUT2D eigenvalue weighted by molar-refractivity contribution is 6.37. The van der Waals surface area contributed by atoms with Crippen molar-refractivity contribution in [3.63, 3.8) is 0 Å².